The lowest BCUT2D eigenvalue weighted by Crippen LogP contribution is -2.03. The van der Waals surface area contributed by atoms with Gasteiger partial charge in [-0.1, -0.05) is 18.2 Å². The van der Waals surface area contributed by atoms with Crippen LogP contribution in [0.4, 0.5) is 0 Å². The summed E-state index contributed by atoms with van der Waals surface area (Å²) < 4.78 is 5.71. The molecule has 0 aliphatic rings. The topological polar surface area (TPSA) is 35.2 Å². The number of ether oxygens (including phenoxy) is 1. The molecule has 16 heavy (non-hydrogen) atoms. The minimum Gasteiger partial charge on any atom is -0.493 e. The van der Waals surface area contributed by atoms with Crippen molar-refractivity contribution in [3.63, 3.8) is 0 Å². The molecule has 0 heterocycles. The third kappa shape index (κ3) is 5.42. The van der Waals surface area contributed by atoms with Crippen molar-refractivity contribution in [2.24, 2.45) is 5.73 Å². The highest BCUT2D eigenvalue weighted by Gasteiger charge is 1.97. The second kappa shape index (κ2) is 8.48. The SMILES string of the molecule is Cc1ccccc1OCCCCSCCN. The fourth-order valence-electron chi connectivity index (χ4n) is 1.39. The molecule has 0 atom stereocenters. The zero-order valence-electron chi connectivity index (χ0n) is 9.95. The Morgan fingerprint density at radius 3 is 2.75 bits per heavy atom. The number of hydrogen-bond donors (Lipinski definition) is 1. The van der Waals surface area contributed by atoms with E-state index in [0.29, 0.717) is 0 Å². The van der Waals surface area contributed by atoms with Gasteiger partial charge in [-0.25, -0.2) is 0 Å². The summed E-state index contributed by atoms with van der Waals surface area (Å²) in [7, 11) is 0. The first-order chi connectivity index (χ1) is 7.84. The van der Waals surface area contributed by atoms with Gasteiger partial charge >= 0.3 is 0 Å². The van der Waals surface area contributed by atoms with Crippen LogP contribution in [0.5, 0.6) is 5.75 Å². The van der Waals surface area contributed by atoms with Crippen molar-refractivity contribution in [2.75, 3.05) is 24.7 Å². The van der Waals surface area contributed by atoms with E-state index in [9.17, 15) is 0 Å². The molecule has 1 aromatic rings. The van der Waals surface area contributed by atoms with Crippen LogP contribution in [0.2, 0.25) is 0 Å². The molecule has 1 rings (SSSR count). The van der Waals surface area contributed by atoms with Gasteiger partial charge in [-0.15, -0.1) is 0 Å². The van der Waals surface area contributed by atoms with Crippen molar-refractivity contribution >= 4 is 11.8 Å². The minimum absolute atomic E-state index is 0.782. The van der Waals surface area contributed by atoms with Crippen LogP contribution in [0, 0.1) is 6.92 Å². The third-order valence-corrected chi connectivity index (χ3v) is 3.40. The first-order valence-corrected chi connectivity index (χ1v) is 6.96. The summed E-state index contributed by atoms with van der Waals surface area (Å²) in [6, 6.07) is 8.15. The molecular formula is C13H21NOS. The van der Waals surface area contributed by atoms with Gasteiger partial charge in [0.25, 0.3) is 0 Å². The number of unbranched alkanes of at least 4 members (excludes halogenated alkanes) is 1. The number of hydrogen-bond acceptors (Lipinski definition) is 3. The first-order valence-electron chi connectivity index (χ1n) is 5.81. The molecule has 0 saturated heterocycles. The summed E-state index contributed by atoms with van der Waals surface area (Å²) in [5.74, 6) is 3.27. The fraction of sp³-hybridized carbons (Fsp3) is 0.538. The molecule has 0 spiro atoms. The Labute approximate surface area is 103 Å². The summed E-state index contributed by atoms with van der Waals surface area (Å²) >= 11 is 1.92. The van der Waals surface area contributed by atoms with E-state index in [4.69, 9.17) is 10.5 Å². The maximum Gasteiger partial charge on any atom is 0.122 e. The molecule has 0 aromatic heterocycles. The Balaban J connectivity index is 2.05. The molecule has 0 unspecified atom stereocenters. The Kier molecular flexibility index (Phi) is 7.10. The van der Waals surface area contributed by atoms with Crippen molar-refractivity contribution < 1.29 is 4.74 Å². The van der Waals surface area contributed by atoms with Crippen LogP contribution >= 0.6 is 11.8 Å². The van der Waals surface area contributed by atoms with Crippen molar-refractivity contribution in [1.29, 1.82) is 0 Å². The van der Waals surface area contributed by atoms with Crippen LogP contribution in [0.3, 0.4) is 0 Å². The Bertz CT molecular complexity index is 291. The molecule has 0 radical (unpaired) electrons. The lowest BCUT2D eigenvalue weighted by molar-refractivity contribution is 0.308. The van der Waals surface area contributed by atoms with Crippen LogP contribution in [-0.4, -0.2) is 24.7 Å². The summed E-state index contributed by atoms with van der Waals surface area (Å²) in [5, 5.41) is 0. The number of benzene rings is 1. The molecule has 2 nitrogen and oxygen atoms in total. The molecular weight excluding hydrogens is 218 g/mol. The van der Waals surface area contributed by atoms with Crippen molar-refractivity contribution in [3.05, 3.63) is 29.8 Å². The van der Waals surface area contributed by atoms with Gasteiger partial charge in [0.15, 0.2) is 0 Å². The smallest absolute Gasteiger partial charge is 0.122 e. The van der Waals surface area contributed by atoms with Gasteiger partial charge in [-0.3, -0.25) is 0 Å². The maximum absolute atomic E-state index is 5.71. The predicted octanol–water partition coefficient (Wildman–Crippen LogP) is 2.85. The second-order valence-electron chi connectivity index (χ2n) is 3.72. The molecule has 0 bridgehead atoms. The standard InChI is InChI=1S/C13H21NOS/c1-12-6-2-3-7-13(12)15-9-4-5-10-16-11-8-14/h2-3,6-7H,4-5,8-11,14H2,1H3. The molecule has 3 heteroatoms. The van der Waals surface area contributed by atoms with E-state index in [-0.39, 0.29) is 0 Å². The highest BCUT2D eigenvalue weighted by atomic mass is 32.2. The number of para-hydroxylation sites is 1. The van der Waals surface area contributed by atoms with Crippen LogP contribution < -0.4 is 10.5 Å². The largest absolute Gasteiger partial charge is 0.493 e. The number of aryl methyl sites for hydroxylation is 1. The summed E-state index contributed by atoms with van der Waals surface area (Å²) in [6.07, 6.45) is 2.32. The zero-order chi connectivity index (χ0) is 11.6. The summed E-state index contributed by atoms with van der Waals surface area (Å²) in [4.78, 5) is 0. The molecule has 2 N–H and O–H groups in total. The lowest BCUT2D eigenvalue weighted by atomic mass is 10.2. The molecule has 0 aliphatic heterocycles. The molecule has 0 aliphatic carbocycles. The molecule has 90 valence electrons. The highest BCUT2D eigenvalue weighted by molar-refractivity contribution is 7.99. The van der Waals surface area contributed by atoms with Gasteiger partial charge in [-0.05, 0) is 37.1 Å². The third-order valence-electron chi connectivity index (χ3n) is 2.30. The van der Waals surface area contributed by atoms with E-state index in [0.717, 1.165) is 31.1 Å². The average molecular weight is 239 g/mol. The van der Waals surface area contributed by atoms with Gasteiger partial charge in [0.1, 0.15) is 5.75 Å². The quantitative estimate of drug-likeness (QED) is 0.709. The van der Waals surface area contributed by atoms with E-state index < -0.39 is 0 Å². The van der Waals surface area contributed by atoms with Gasteiger partial charge in [0.2, 0.25) is 0 Å². The molecule has 0 amide bonds. The van der Waals surface area contributed by atoms with Crippen molar-refractivity contribution in [3.8, 4) is 5.75 Å². The zero-order valence-corrected chi connectivity index (χ0v) is 10.8. The van der Waals surface area contributed by atoms with Crippen LogP contribution in [0.1, 0.15) is 18.4 Å². The number of thioether (sulfide) groups is 1. The Hall–Kier alpha value is -0.670. The van der Waals surface area contributed by atoms with E-state index in [1.54, 1.807) is 0 Å². The van der Waals surface area contributed by atoms with Crippen LogP contribution in [0.15, 0.2) is 24.3 Å². The van der Waals surface area contributed by atoms with E-state index in [1.165, 1.54) is 17.7 Å². The second-order valence-corrected chi connectivity index (χ2v) is 4.95. The molecule has 0 saturated carbocycles. The Morgan fingerprint density at radius 2 is 2.00 bits per heavy atom. The molecule has 1 aromatic carbocycles. The highest BCUT2D eigenvalue weighted by Crippen LogP contribution is 2.16. The van der Waals surface area contributed by atoms with Crippen LogP contribution in [-0.2, 0) is 0 Å². The van der Waals surface area contributed by atoms with E-state index in [2.05, 4.69) is 13.0 Å². The van der Waals surface area contributed by atoms with E-state index in [1.807, 2.05) is 30.0 Å². The first kappa shape index (κ1) is 13.4. The number of nitrogens with two attached hydrogens (primary N) is 1. The average Bonchev–Trinajstić information content (AvgIpc) is 2.30. The lowest BCUT2D eigenvalue weighted by Gasteiger charge is -2.08. The van der Waals surface area contributed by atoms with Crippen molar-refractivity contribution in [1.82, 2.24) is 0 Å². The fourth-order valence-corrected chi connectivity index (χ4v) is 2.17. The minimum atomic E-state index is 0.782. The van der Waals surface area contributed by atoms with Crippen molar-refractivity contribution in [2.45, 2.75) is 19.8 Å². The van der Waals surface area contributed by atoms with Gasteiger partial charge in [0, 0.05) is 12.3 Å². The number of rotatable bonds is 8. The normalized spacial score (nSPS) is 10.4. The predicted molar refractivity (Wildman–Crippen MR) is 72.3 cm³/mol. The van der Waals surface area contributed by atoms with E-state index >= 15 is 0 Å². The summed E-state index contributed by atoms with van der Waals surface area (Å²) in [6.45, 7) is 3.67. The van der Waals surface area contributed by atoms with Gasteiger partial charge < -0.3 is 10.5 Å². The van der Waals surface area contributed by atoms with Gasteiger partial charge in [0.05, 0.1) is 6.61 Å². The Morgan fingerprint density at radius 1 is 1.19 bits per heavy atom. The van der Waals surface area contributed by atoms with Gasteiger partial charge in [-0.2, -0.15) is 11.8 Å². The summed E-state index contributed by atoms with van der Waals surface area (Å²) in [5.41, 5.74) is 6.62. The van der Waals surface area contributed by atoms with Crippen LogP contribution in [0.25, 0.3) is 0 Å². The molecule has 0 fully saturated rings. The monoisotopic (exact) mass is 239 g/mol. The maximum atomic E-state index is 5.71.